The minimum absolute atomic E-state index is 0.196. The summed E-state index contributed by atoms with van der Waals surface area (Å²) in [5.41, 5.74) is 0.702. The van der Waals surface area contributed by atoms with Gasteiger partial charge in [-0.25, -0.2) is 0 Å². The van der Waals surface area contributed by atoms with E-state index < -0.39 is 0 Å². The molecule has 0 bridgehead atoms. The number of allylic oxidation sites excluding steroid dienone is 1. The van der Waals surface area contributed by atoms with Crippen LogP contribution < -0.4 is 10.6 Å². The normalized spacial score (nSPS) is 25.1. The molecule has 17 heavy (non-hydrogen) atoms. The molecular weight excluding hydrogens is 236 g/mol. The van der Waals surface area contributed by atoms with Crippen molar-refractivity contribution in [2.75, 3.05) is 27.5 Å². The van der Waals surface area contributed by atoms with Gasteiger partial charge in [-0.3, -0.25) is 4.79 Å². The maximum atomic E-state index is 11.8. The third-order valence-electron chi connectivity index (χ3n) is 3.09. The van der Waals surface area contributed by atoms with Crippen molar-refractivity contribution >= 4 is 17.7 Å². The molecule has 5 heteroatoms. The highest BCUT2D eigenvalue weighted by Crippen LogP contribution is 2.31. The number of likely N-dealkylation sites (N-methyl/N-ethyl adjacent to an activating group) is 2. The van der Waals surface area contributed by atoms with Crippen molar-refractivity contribution in [2.45, 2.75) is 17.2 Å². The highest BCUT2D eigenvalue weighted by atomic mass is 32.2. The third kappa shape index (κ3) is 2.84. The average Bonchev–Trinajstić information content (AvgIpc) is 2.39. The average molecular weight is 256 g/mol. The van der Waals surface area contributed by atoms with Crippen molar-refractivity contribution in [1.29, 1.82) is 0 Å². The number of hydrogen-bond acceptors (Lipinski definition) is 5. The van der Waals surface area contributed by atoms with Crippen LogP contribution in [0.2, 0.25) is 0 Å². The summed E-state index contributed by atoms with van der Waals surface area (Å²) < 4.78 is 4.87. The van der Waals surface area contributed by atoms with Gasteiger partial charge in [0, 0.05) is 12.7 Å². The van der Waals surface area contributed by atoms with Gasteiger partial charge in [0.25, 0.3) is 0 Å². The zero-order chi connectivity index (χ0) is 12.9. The lowest BCUT2D eigenvalue weighted by Crippen LogP contribution is -2.54. The third-order valence-corrected chi connectivity index (χ3v) is 4.18. The van der Waals surface area contributed by atoms with Crippen LogP contribution in [0.3, 0.4) is 0 Å². The predicted octanol–water partition coefficient (Wildman–Crippen LogP) is 0.912. The lowest BCUT2D eigenvalue weighted by molar-refractivity contribution is -0.141. The molecule has 0 aromatic rings. The zero-order valence-electron chi connectivity index (χ0n) is 10.7. The van der Waals surface area contributed by atoms with E-state index in [0.717, 1.165) is 12.1 Å². The smallest absolute Gasteiger partial charge is 0.321 e. The lowest BCUT2D eigenvalue weighted by atomic mass is 9.86. The topological polar surface area (TPSA) is 50.4 Å². The maximum absolute atomic E-state index is 11.8. The molecule has 1 aliphatic rings. The van der Waals surface area contributed by atoms with Crippen molar-refractivity contribution in [3.05, 3.63) is 23.9 Å². The molecule has 0 radical (unpaired) electrons. The molecule has 0 spiro atoms. The first-order valence-electron chi connectivity index (χ1n) is 5.50. The van der Waals surface area contributed by atoms with Crippen LogP contribution in [0.5, 0.6) is 0 Å². The van der Waals surface area contributed by atoms with Gasteiger partial charge >= 0.3 is 5.97 Å². The molecule has 0 saturated carbocycles. The van der Waals surface area contributed by atoms with Crippen LogP contribution in [-0.4, -0.2) is 44.2 Å². The molecule has 0 amide bonds. The van der Waals surface area contributed by atoms with Gasteiger partial charge in [-0.05, 0) is 25.8 Å². The number of rotatable bonds is 5. The Labute approximate surface area is 107 Å². The summed E-state index contributed by atoms with van der Waals surface area (Å²) in [5.74, 6) is -0.196. The van der Waals surface area contributed by atoms with E-state index in [4.69, 9.17) is 4.74 Å². The van der Waals surface area contributed by atoms with Crippen molar-refractivity contribution in [2.24, 2.45) is 0 Å². The number of thioether (sulfide) groups is 1. The Hall–Kier alpha value is -0.940. The minimum Gasteiger partial charge on any atom is -0.468 e. The second kappa shape index (κ2) is 6.12. The van der Waals surface area contributed by atoms with Crippen molar-refractivity contribution in [1.82, 2.24) is 10.6 Å². The largest absolute Gasteiger partial charge is 0.468 e. The highest BCUT2D eigenvalue weighted by molar-refractivity contribution is 8.00. The minimum atomic E-state index is -0.368. The fourth-order valence-corrected chi connectivity index (χ4v) is 2.98. The number of ether oxygens (including phenoxy) is 1. The van der Waals surface area contributed by atoms with Gasteiger partial charge in [-0.1, -0.05) is 12.2 Å². The van der Waals surface area contributed by atoms with E-state index in [-0.39, 0.29) is 16.8 Å². The monoisotopic (exact) mass is 256 g/mol. The Balaban J connectivity index is 2.94. The summed E-state index contributed by atoms with van der Waals surface area (Å²) in [5, 5.41) is 6.09. The van der Waals surface area contributed by atoms with Gasteiger partial charge in [0.05, 0.1) is 12.6 Å². The SMILES string of the molecule is CNC1=CCC(NC)(C(SC)C(=O)OC)C=C1. The first kappa shape index (κ1) is 14.1. The van der Waals surface area contributed by atoms with Gasteiger partial charge in [-0.2, -0.15) is 0 Å². The number of carbonyl (C=O) groups excluding carboxylic acids is 1. The fraction of sp³-hybridized carbons (Fsp3) is 0.583. The molecule has 4 nitrogen and oxygen atoms in total. The highest BCUT2D eigenvalue weighted by Gasteiger charge is 2.40. The summed E-state index contributed by atoms with van der Waals surface area (Å²) in [6, 6.07) is 0. The van der Waals surface area contributed by atoms with E-state index in [1.54, 1.807) is 0 Å². The van der Waals surface area contributed by atoms with Crippen LogP contribution in [0.25, 0.3) is 0 Å². The Kier molecular flexibility index (Phi) is 5.08. The maximum Gasteiger partial charge on any atom is 0.321 e. The molecule has 0 saturated heterocycles. The summed E-state index contributed by atoms with van der Waals surface area (Å²) >= 11 is 1.50. The van der Waals surface area contributed by atoms with Gasteiger partial charge in [-0.15, -0.1) is 11.8 Å². The predicted molar refractivity (Wildman–Crippen MR) is 72.0 cm³/mol. The Morgan fingerprint density at radius 3 is 2.65 bits per heavy atom. The molecule has 0 fully saturated rings. The van der Waals surface area contributed by atoms with Crippen molar-refractivity contribution in [3.63, 3.8) is 0 Å². The van der Waals surface area contributed by atoms with E-state index in [2.05, 4.69) is 16.7 Å². The van der Waals surface area contributed by atoms with Crippen molar-refractivity contribution < 1.29 is 9.53 Å². The van der Waals surface area contributed by atoms with E-state index in [1.807, 2.05) is 32.5 Å². The van der Waals surface area contributed by atoms with Crippen LogP contribution in [-0.2, 0) is 9.53 Å². The summed E-state index contributed by atoms with van der Waals surface area (Å²) in [7, 11) is 5.18. The summed E-state index contributed by atoms with van der Waals surface area (Å²) in [6.45, 7) is 0. The standard InChI is InChI=1S/C12H20N2O2S/c1-13-9-5-7-12(14-2,8-6-9)10(17-4)11(15)16-3/h5-7,10,13-14H,8H2,1-4H3. The number of carbonyl (C=O) groups is 1. The first-order valence-corrected chi connectivity index (χ1v) is 6.79. The zero-order valence-corrected chi connectivity index (χ0v) is 11.6. The Morgan fingerprint density at radius 1 is 1.59 bits per heavy atom. The number of nitrogens with one attached hydrogen (secondary N) is 2. The lowest BCUT2D eigenvalue weighted by Gasteiger charge is -2.37. The van der Waals surface area contributed by atoms with E-state index in [0.29, 0.717) is 0 Å². The first-order chi connectivity index (χ1) is 8.13. The van der Waals surface area contributed by atoms with Crippen LogP contribution in [0.15, 0.2) is 23.9 Å². The van der Waals surface area contributed by atoms with Gasteiger partial charge in [0.15, 0.2) is 0 Å². The van der Waals surface area contributed by atoms with Crippen LogP contribution in [0, 0.1) is 0 Å². The summed E-state index contributed by atoms with van der Waals surface area (Å²) in [6.07, 6.45) is 8.80. The fourth-order valence-electron chi connectivity index (χ4n) is 1.97. The molecule has 2 N–H and O–H groups in total. The molecule has 96 valence electrons. The van der Waals surface area contributed by atoms with Crippen LogP contribution in [0.1, 0.15) is 6.42 Å². The molecule has 2 atom stereocenters. The molecule has 1 rings (SSSR count). The van der Waals surface area contributed by atoms with E-state index >= 15 is 0 Å². The van der Waals surface area contributed by atoms with Gasteiger partial charge in [0.2, 0.25) is 0 Å². The Bertz CT molecular complexity index is 341. The molecule has 1 aliphatic carbocycles. The van der Waals surface area contributed by atoms with Crippen molar-refractivity contribution in [3.8, 4) is 0 Å². The summed E-state index contributed by atoms with van der Waals surface area (Å²) in [4.78, 5) is 11.8. The van der Waals surface area contributed by atoms with Crippen LogP contribution in [0.4, 0.5) is 0 Å². The van der Waals surface area contributed by atoms with E-state index in [1.165, 1.54) is 18.9 Å². The Morgan fingerprint density at radius 2 is 2.29 bits per heavy atom. The second-order valence-electron chi connectivity index (χ2n) is 3.88. The molecule has 0 aromatic carbocycles. The molecule has 2 unspecified atom stereocenters. The molecule has 0 aromatic heterocycles. The molecule has 0 aliphatic heterocycles. The second-order valence-corrected chi connectivity index (χ2v) is 4.82. The van der Waals surface area contributed by atoms with Gasteiger partial charge < -0.3 is 15.4 Å². The number of methoxy groups -OCH3 is 1. The number of esters is 1. The van der Waals surface area contributed by atoms with E-state index in [9.17, 15) is 4.79 Å². The van der Waals surface area contributed by atoms with Gasteiger partial charge in [0.1, 0.15) is 5.25 Å². The quantitative estimate of drug-likeness (QED) is 0.716. The number of hydrogen-bond donors (Lipinski definition) is 2. The molecular formula is C12H20N2O2S. The molecule has 0 heterocycles. The van der Waals surface area contributed by atoms with Crippen LogP contribution >= 0.6 is 11.8 Å².